The van der Waals surface area contributed by atoms with Crippen LogP contribution in [0.15, 0.2) is 114 Å². The summed E-state index contributed by atoms with van der Waals surface area (Å²) < 4.78 is 38.7. The summed E-state index contributed by atoms with van der Waals surface area (Å²) in [7, 11) is 0. The Balaban J connectivity index is 0.000000199. The van der Waals surface area contributed by atoms with Crippen molar-refractivity contribution >= 4 is 21.9 Å². The van der Waals surface area contributed by atoms with Crippen molar-refractivity contribution < 1.29 is 30.0 Å². The quantitative estimate of drug-likeness (QED) is 0.166. The van der Waals surface area contributed by atoms with Crippen LogP contribution >= 0.6 is 0 Å². The first-order valence-electron chi connectivity index (χ1n) is 18.7. The molecule has 7 aromatic rings. The molecule has 49 heavy (non-hydrogen) atoms. The maximum absolute atomic E-state index is 9.22. The second-order valence-corrected chi connectivity index (χ2v) is 13.3. The third-order valence-corrected chi connectivity index (χ3v) is 8.90. The van der Waals surface area contributed by atoms with Gasteiger partial charge in [-0.25, -0.2) is 4.98 Å². The van der Waals surface area contributed by atoms with Crippen LogP contribution in [0.3, 0.4) is 0 Å². The predicted molar refractivity (Wildman–Crippen MR) is 197 cm³/mol. The molecule has 4 heterocycles. The molecule has 0 N–H and O–H groups in total. The Morgan fingerprint density at radius 2 is 1.59 bits per heavy atom. The molecule has 3 aromatic carbocycles. The van der Waals surface area contributed by atoms with Crippen molar-refractivity contribution in [3.63, 3.8) is 0 Å². The molecule has 0 bridgehead atoms. The van der Waals surface area contributed by atoms with Gasteiger partial charge in [0.2, 0.25) is 0 Å². The predicted octanol–water partition coefficient (Wildman–Crippen LogP) is 11.7. The third-order valence-electron chi connectivity index (χ3n) is 8.90. The van der Waals surface area contributed by atoms with E-state index in [0.29, 0.717) is 5.56 Å². The Morgan fingerprint density at radius 3 is 2.31 bits per heavy atom. The van der Waals surface area contributed by atoms with Crippen molar-refractivity contribution in [3.8, 4) is 33.8 Å². The first-order chi connectivity index (χ1) is 24.9. The van der Waals surface area contributed by atoms with Gasteiger partial charge in [-0.1, -0.05) is 99.5 Å². The molecule has 1 saturated carbocycles. The first kappa shape index (κ1) is 29.5. The zero-order chi connectivity index (χ0) is 36.5. The molecule has 0 aliphatic heterocycles. The van der Waals surface area contributed by atoms with Gasteiger partial charge in [0.1, 0.15) is 11.3 Å². The van der Waals surface area contributed by atoms with Gasteiger partial charge in [0.25, 0.3) is 0 Å². The van der Waals surface area contributed by atoms with Gasteiger partial charge < -0.3 is 14.4 Å². The minimum atomic E-state index is -2.14. The van der Waals surface area contributed by atoms with Crippen molar-refractivity contribution in [1.82, 2.24) is 15.0 Å². The van der Waals surface area contributed by atoms with Crippen LogP contribution in [0.25, 0.3) is 55.7 Å². The molecule has 1 fully saturated rings. The van der Waals surface area contributed by atoms with Gasteiger partial charge in [-0.2, -0.15) is 0 Å². The van der Waals surface area contributed by atoms with Crippen LogP contribution in [0.4, 0.5) is 0 Å². The molecule has 5 heteroatoms. The standard InChI is InChI=1S/C28H23N2O.C16H18N.Ir/c1-3-10-19(11-4-1)25-18-23-21-14-9-15-22(24-16-7-8-17-29-24)27(21)31-28(23)26(30-25)20-12-5-2-6-13-20;1-12-11-17-15(10-14(12)16(2,3)4)13-8-6-5-7-9-13;/h2,5-9,12-14,16-19H,1,3-4,10-11H2;5-8,10-11H,1-4H3;/q2*-1;/i19D;1D3;. The fourth-order valence-corrected chi connectivity index (χ4v) is 6.43. The molecule has 1 radical (unpaired) electrons. The summed E-state index contributed by atoms with van der Waals surface area (Å²) in [5.74, 6) is -0.649. The number of hydrogen-bond acceptors (Lipinski definition) is 4. The van der Waals surface area contributed by atoms with E-state index in [4.69, 9.17) is 13.5 Å². The van der Waals surface area contributed by atoms with E-state index >= 15 is 0 Å². The number of aromatic nitrogens is 3. The molecular weight excluding hydrogens is 779 g/mol. The maximum Gasteiger partial charge on any atom is 0.147 e. The summed E-state index contributed by atoms with van der Waals surface area (Å²) in [5.41, 5.74) is 8.34. The van der Waals surface area contributed by atoms with E-state index in [2.05, 4.69) is 40.3 Å². The van der Waals surface area contributed by atoms with Crippen LogP contribution in [0.2, 0.25) is 0 Å². The molecule has 4 aromatic heterocycles. The molecule has 0 unspecified atom stereocenters. The van der Waals surface area contributed by atoms with Gasteiger partial charge in [0.05, 0.1) is 5.58 Å². The van der Waals surface area contributed by atoms with Crippen molar-refractivity contribution in [1.29, 1.82) is 0 Å². The summed E-state index contributed by atoms with van der Waals surface area (Å²) in [5, 5.41) is 2.02. The number of aryl methyl sites for hydroxylation is 1. The van der Waals surface area contributed by atoms with Crippen LogP contribution in [0.5, 0.6) is 0 Å². The second kappa shape index (κ2) is 15.0. The number of benzene rings is 3. The molecule has 1 aliphatic carbocycles. The zero-order valence-corrected chi connectivity index (χ0v) is 30.4. The van der Waals surface area contributed by atoms with E-state index in [-0.39, 0.29) is 25.5 Å². The van der Waals surface area contributed by atoms with Gasteiger partial charge in [0, 0.05) is 60.5 Å². The summed E-state index contributed by atoms with van der Waals surface area (Å²) in [6, 6.07) is 37.9. The molecule has 0 spiro atoms. The Kier molecular flexibility index (Phi) is 9.01. The van der Waals surface area contributed by atoms with E-state index in [1.165, 1.54) is 12.6 Å². The molecule has 0 amide bonds. The number of hydrogen-bond donors (Lipinski definition) is 0. The fraction of sp³-hybridized carbons (Fsp3) is 0.250. The minimum absolute atomic E-state index is 0. The summed E-state index contributed by atoms with van der Waals surface area (Å²) in [4.78, 5) is 13.9. The van der Waals surface area contributed by atoms with Crippen molar-refractivity contribution in [3.05, 3.63) is 138 Å². The van der Waals surface area contributed by atoms with Crippen LogP contribution < -0.4 is 0 Å². The molecule has 0 atom stereocenters. The molecule has 1 aliphatic rings. The number of pyridine rings is 3. The normalized spacial score (nSPS) is 15.6. The Labute approximate surface area is 309 Å². The van der Waals surface area contributed by atoms with Crippen LogP contribution in [0.1, 0.15) is 81.1 Å². The van der Waals surface area contributed by atoms with Crippen molar-refractivity contribution in [2.24, 2.45) is 0 Å². The van der Waals surface area contributed by atoms with E-state index in [1.54, 1.807) is 6.20 Å². The molecule has 249 valence electrons. The average Bonchev–Trinajstić information content (AvgIpc) is 3.54. The summed E-state index contributed by atoms with van der Waals surface area (Å²) >= 11 is 0. The minimum Gasteiger partial charge on any atom is -0.498 e. The second-order valence-electron chi connectivity index (χ2n) is 13.3. The van der Waals surface area contributed by atoms with Crippen LogP contribution in [-0.4, -0.2) is 15.0 Å². The molecule has 4 nitrogen and oxygen atoms in total. The Hall–Kier alpha value is -4.44. The number of furan rings is 1. The van der Waals surface area contributed by atoms with E-state index < -0.39 is 12.7 Å². The first-order valence-corrected chi connectivity index (χ1v) is 16.7. The maximum atomic E-state index is 9.22. The Morgan fingerprint density at radius 1 is 0.796 bits per heavy atom. The molecule has 8 rings (SSSR count). The largest absolute Gasteiger partial charge is 0.498 e. The van der Waals surface area contributed by atoms with Gasteiger partial charge in [0.15, 0.2) is 0 Å². The molecular formula is C44H41IrN3O-2. The van der Waals surface area contributed by atoms with Gasteiger partial charge >= 0.3 is 0 Å². The van der Waals surface area contributed by atoms with Crippen LogP contribution in [0, 0.1) is 19.0 Å². The van der Waals surface area contributed by atoms with Gasteiger partial charge in [-0.05, 0) is 59.8 Å². The van der Waals surface area contributed by atoms with Crippen LogP contribution in [-0.2, 0) is 25.5 Å². The third kappa shape index (κ3) is 7.44. The van der Waals surface area contributed by atoms with E-state index in [1.807, 2.05) is 99.6 Å². The SMILES string of the molecule is [2H]C([2H])([2H])c1cnc(-c2[c-]cccc2)cc1C(C)(C)C.[2H]C1(c2cc3c(oc4c(-c5ccccn5)[c-]ccc43)c(-c3ccccc3)n2)CCCCC1.[Ir]. The monoisotopic (exact) mass is 824 g/mol. The zero-order valence-electron chi connectivity index (χ0n) is 32.0. The topological polar surface area (TPSA) is 51.8 Å². The molecule has 0 saturated heterocycles. The van der Waals surface area contributed by atoms with E-state index in [9.17, 15) is 1.37 Å². The number of rotatable bonds is 4. The van der Waals surface area contributed by atoms with Gasteiger partial charge in [-0.3, -0.25) is 0 Å². The summed E-state index contributed by atoms with van der Waals surface area (Å²) in [6.07, 6.45) is 8.32. The smallest absolute Gasteiger partial charge is 0.147 e. The fourth-order valence-electron chi connectivity index (χ4n) is 6.43. The average molecular weight is 824 g/mol. The number of nitrogens with zero attached hydrogens (tertiary/aromatic N) is 3. The van der Waals surface area contributed by atoms with Crippen molar-refractivity contribution in [2.45, 2.75) is 71.0 Å². The Bertz CT molecular complexity index is 2310. The van der Waals surface area contributed by atoms with Crippen molar-refractivity contribution in [2.75, 3.05) is 0 Å². The van der Waals surface area contributed by atoms with E-state index in [0.717, 1.165) is 92.7 Å². The number of fused-ring (bicyclic) bond motifs is 3. The summed E-state index contributed by atoms with van der Waals surface area (Å²) in [6.45, 7) is 3.89. The van der Waals surface area contributed by atoms with Gasteiger partial charge in [-0.15, -0.1) is 54.1 Å².